The smallest absolute Gasteiger partial charge is 0.233 e. The molecule has 7 heteroatoms. The van der Waals surface area contributed by atoms with Gasteiger partial charge in [-0.3, -0.25) is 4.79 Å². The van der Waals surface area contributed by atoms with Crippen LogP contribution in [0.1, 0.15) is 64.2 Å². The number of carbonyl (C=O) groups excluding carboxylic acids is 1. The number of benzene rings is 1. The molecular weight excluding hydrogens is 408 g/mol. The van der Waals surface area contributed by atoms with Crippen molar-refractivity contribution < 1.29 is 9.53 Å². The lowest BCUT2D eigenvalue weighted by Gasteiger charge is -2.41. The number of amides is 1. The predicted molar refractivity (Wildman–Crippen MR) is 124 cm³/mol. The molecule has 1 amide bonds. The Balaban J connectivity index is 1.44. The molecule has 2 aliphatic rings. The third kappa shape index (κ3) is 5.25. The summed E-state index contributed by atoms with van der Waals surface area (Å²) in [6.07, 6.45) is 12.3. The maximum absolute atomic E-state index is 13.4. The summed E-state index contributed by atoms with van der Waals surface area (Å²) in [5.74, 6) is 2.32. The number of thioether (sulfide) groups is 1. The third-order valence-electron chi connectivity index (χ3n) is 6.73. The van der Waals surface area contributed by atoms with E-state index in [1.54, 1.807) is 7.11 Å². The summed E-state index contributed by atoms with van der Waals surface area (Å²) in [5, 5.41) is 9.52. The molecule has 0 radical (unpaired) electrons. The van der Waals surface area contributed by atoms with E-state index in [9.17, 15) is 4.79 Å². The minimum Gasteiger partial charge on any atom is -0.497 e. The first kappa shape index (κ1) is 22.2. The highest BCUT2D eigenvalue weighted by atomic mass is 32.2. The number of methoxy groups -OCH3 is 1. The zero-order valence-electron chi connectivity index (χ0n) is 18.8. The van der Waals surface area contributed by atoms with Crippen LogP contribution in [0.2, 0.25) is 0 Å². The Morgan fingerprint density at radius 2 is 1.58 bits per heavy atom. The molecule has 0 N–H and O–H groups in total. The Morgan fingerprint density at radius 1 is 1.00 bits per heavy atom. The van der Waals surface area contributed by atoms with Gasteiger partial charge in [0.25, 0.3) is 0 Å². The molecule has 2 aromatic rings. The largest absolute Gasteiger partial charge is 0.497 e. The lowest BCUT2D eigenvalue weighted by molar-refractivity contribution is -0.135. The Kier molecular flexibility index (Phi) is 7.54. The number of nitrogens with zero attached hydrogens (tertiary/aromatic N) is 4. The van der Waals surface area contributed by atoms with Crippen LogP contribution in [0.15, 0.2) is 29.4 Å². The molecule has 6 nitrogen and oxygen atoms in total. The average molecular weight is 443 g/mol. The van der Waals surface area contributed by atoms with Gasteiger partial charge in [-0.15, -0.1) is 10.2 Å². The van der Waals surface area contributed by atoms with E-state index >= 15 is 0 Å². The van der Waals surface area contributed by atoms with Crippen molar-refractivity contribution in [1.82, 2.24) is 19.7 Å². The van der Waals surface area contributed by atoms with Gasteiger partial charge in [-0.2, -0.15) is 0 Å². The van der Waals surface area contributed by atoms with E-state index in [4.69, 9.17) is 4.74 Å². The molecular formula is C24H34N4O2S. The molecule has 0 unspecified atom stereocenters. The van der Waals surface area contributed by atoms with Crippen molar-refractivity contribution in [3.05, 3.63) is 24.3 Å². The van der Waals surface area contributed by atoms with Crippen LogP contribution in [0.5, 0.6) is 5.75 Å². The first-order valence-electron chi connectivity index (χ1n) is 11.6. The van der Waals surface area contributed by atoms with Crippen molar-refractivity contribution in [1.29, 1.82) is 0 Å². The van der Waals surface area contributed by atoms with Gasteiger partial charge in [0, 0.05) is 24.7 Å². The van der Waals surface area contributed by atoms with Crippen LogP contribution in [0.3, 0.4) is 0 Å². The number of hydrogen-bond donors (Lipinski definition) is 0. The standard InChI is InChI=1S/C24H34N4O2S/c1-27-23(18-13-15-21(30-2)16-14-18)25-26-24(27)31-17-22(29)28(19-9-5-3-6-10-19)20-11-7-4-8-12-20/h13-16,19-20H,3-12,17H2,1-2H3. The predicted octanol–water partition coefficient (Wildman–Crippen LogP) is 5.08. The summed E-state index contributed by atoms with van der Waals surface area (Å²) in [6.45, 7) is 0. The fraction of sp³-hybridized carbons (Fsp3) is 0.625. The normalized spacial score (nSPS) is 18.1. The second kappa shape index (κ2) is 10.5. The first-order valence-corrected chi connectivity index (χ1v) is 12.6. The molecule has 0 aliphatic heterocycles. The molecule has 1 aromatic carbocycles. The Bertz CT molecular complexity index is 837. The second-order valence-electron chi connectivity index (χ2n) is 8.77. The Morgan fingerprint density at radius 3 is 2.13 bits per heavy atom. The molecule has 2 fully saturated rings. The fourth-order valence-corrected chi connectivity index (χ4v) is 5.84. The molecule has 168 valence electrons. The van der Waals surface area contributed by atoms with Gasteiger partial charge >= 0.3 is 0 Å². The van der Waals surface area contributed by atoms with Crippen LogP contribution in [-0.2, 0) is 11.8 Å². The lowest BCUT2D eigenvalue weighted by atomic mass is 9.88. The van der Waals surface area contributed by atoms with E-state index in [0.29, 0.717) is 17.8 Å². The summed E-state index contributed by atoms with van der Waals surface area (Å²) in [7, 11) is 3.62. The van der Waals surface area contributed by atoms with Crippen LogP contribution in [0.25, 0.3) is 11.4 Å². The van der Waals surface area contributed by atoms with Crippen molar-refractivity contribution in [3.63, 3.8) is 0 Å². The van der Waals surface area contributed by atoms with Crippen molar-refractivity contribution in [3.8, 4) is 17.1 Å². The van der Waals surface area contributed by atoms with Crippen molar-refractivity contribution in [2.24, 2.45) is 7.05 Å². The zero-order chi connectivity index (χ0) is 21.6. The molecule has 31 heavy (non-hydrogen) atoms. The van der Waals surface area contributed by atoms with Crippen LogP contribution in [0, 0.1) is 0 Å². The highest BCUT2D eigenvalue weighted by Crippen LogP contribution is 2.32. The van der Waals surface area contributed by atoms with Crippen LogP contribution < -0.4 is 4.74 Å². The molecule has 0 saturated heterocycles. The highest BCUT2D eigenvalue weighted by Gasteiger charge is 2.32. The van der Waals surface area contributed by atoms with E-state index in [-0.39, 0.29) is 5.91 Å². The maximum atomic E-state index is 13.4. The monoisotopic (exact) mass is 442 g/mol. The van der Waals surface area contributed by atoms with Gasteiger partial charge < -0.3 is 14.2 Å². The van der Waals surface area contributed by atoms with Gasteiger partial charge in [0.2, 0.25) is 5.91 Å². The molecule has 2 aliphatic carbocycles. The summed E-state index contributed by atoms with van der Waals surface area (Å²) in [6, 6.07) is 8.67. The van der Waals surface area contributed by atoms with Gasteiger partial charge in [-0.1, -0.05) is 50.3 Å². The topological polar surface area (TPSA) is 60.3 Å². The number of aromatic nitrogens is 3. The van der Waals surface area contributed by atoms with Gasteiger partial charge in [0.05, 0.1) is 12.9 Å². The average Bonchev–Trinajstić information content (AvgIpc) is 3.19. The van der Waals surface area contributed by atoms with Gasteiger partial charge in [0.15, 0.2) is 11.0 Å². The minimum absolute atomic E-state index is 0.276. The fourth-order valence-electron chi connectivity index (χ4n) is 5.06. The van der Waals surface area contributed by atoms with Crippen LogP contribution in [-0.4, -0.2) is 50.5 Å². The molecule has 0 atom stereocenters. The molecule has 1 aromatic heterocycles. The van der Waals surface area contributed by atoms with Crippen molar-refractivity contribution in [2.75, 3.05) is 12.9 Å². The van der Waals surface area contributed by atoms with E-state index in [0.717, 1.165) is 22.3 Å². The van der Waals surface area contributed by atoms with Crippen molar-refractivity contribution >= 4 is 17.7 Å². The highest BCUT2D eigenvalue weighted by molar-refractivity contribution is 7.99. The van der Waals surface area contributed by atoms with E-state index in [1.165, 1.54) is 76.0 Å². The Labute approximate surface area is 189 Å². The molecule has 0 bridgehead atoms. The first-order chi connectivity index (χ1) is 15.2. The second-order valence-corrected chi connectivity index (χ2v) is 9.71. The maximum Gasteiger partial charge on any atom is 0.233 e. The lowest BCUT2D eigenvalue weighted by Crippen LogP contribution is -2.49. The van der Waals surface area contributed by atoms with Crippen LogP contribution in [0.4, 0.5) is 0 Å². The van der Waals surface area contributed by atoms with E-state index in [2.05, 4.69) is 15.1 Å². The van der Waals surface area contributed by atoms with E-state index in [1.807, 2.05) is 35.9 Å². The van der Waals surface area contributed by atoms with Crippen molar-refractivity contribution in [2.45, 2.75) is 81.4 Å². The SMILES string of the molecule is COc1ccc(-c2nnc(SCC(=O)N(C3CCCCC3)C3CCCCC3)n2C)cc1. The molecule has 1 heterocycles. The summed E-state index contributed by atoms with van der Waals surface area (Å²) in [5.41, 5.74) is 0.986. The molecule has 2 saturated carbocycles. The molecule has 0 spiro atoms. The Hall–Kier alpha value is -2.02. The summed E-state index contributed by atoms with van der Waals surface area (Å²) >= 11 is 1.51. The number of rotatable bonds is 7. The van der Waals surface area contributed by atoms with Gasteiger partial charge in [-0.25, -0.2) is 0 Å². The van der Waals surface area contributed by atoms with Crippen LogP contribution >= 0.6 is 11.8 Å². The van der Waals surface area contributed by atoms with Gasteiger partial charge in [-0.05, 0) is 49.9 Å². The summed E-state index contributed by atoms with van der Waals surface area (Å²) in [4.78, 5) is 15.7. The zero-order valence-corrected chi connectivity index (χ0v) is 19.6. The minimum atomic E-state index is 0.276. The quantitative estimate of drug-likeness (QED) is 0.560. The number of ether oxygens (including phenoxy) is 1. The van der Waals surface area contributed by atoms with E-state index < -0.39 is 0 Å². The third-order valence-corrected chi connectivity index (χ3v) is 7.74. The number of hydrogen-bond acceptors (Lipinski definition) is 5. The number of carbonyl (C=O) groups is 1. The summed E-state index contributed by atoms with van der Waals surface area (Å²) < 4.78 is 7.22. The molecule has 4 rings (SSSR count). The van der Waals surface area contributed by atoms with Gasteiger partial charge in [0.1, 0.15) is 5.75 Å².